The third-order valence-electron chi connectivity index (χ3n) is 3.36. The average molecular weight is 280 g/mol. The van der Waals surface area contributed by atoms with Crippen molar-refractivity contribution in [2.75, 3.05) is 25.4 Å². The van der Waals surface area contributed by atoms with Gasteiger partial charge in [-0.15, -0.1) is 11.8 Å². The van der Waals surface area contributed by atoms with Gasteiger partial charge in [-0.05, 0) is 37.4 Å². The molecule has 19 heavy (non-hydrogen) atoms. The molecule has 1 aromatic rings. The summed E-state index contributed by atoms with van der Waals surface area (Å²) in [5, 5.41) is 9.90. The first-order valence-corrected chi connectivity index (χ1v) is 7.70. The second kappa shape index (κ2) is 7.50. The molecular weight excluding hydrogens is 260 g/mol. The Labute approximate surface area is 118 Å². The average Bonchev–Trinajstić information content (AvgIpc) is 2.40. The first-order valence-electron chi connectivity index (χ1n) is 6.72. The summed E-state index contributed by atoms with van der Waals surface area (Å²) in [5.74, 6) is 0.664. The van der Waals surface area contributed by atoms with Gasteiger partial charge in [-0.1, -0.05) is 6.07 Å². The third-order valence-corrected chi connectivity index (χ3v) is 4.29. The largest absolute Gasteiger partial charge is 0.481 e. The van der Waals surface area contributed by atoms with Crippen molar-refractivity contribution in [3.8, 4) is 0 Å². The lowest BCUT2D eigenvalue weighted by molar-refractivity contribution is -0.138. The van der Waals surface area contributed by atoms with Gasteiger partial charge in [0.25, 0.3) is 0 Å². The molecule has 1 saturated heterocycles. The van der Waals surface area contributed by atoms with Crippen molar-refractivity contribution in [1.29, 1.82) is 0 Å². The Kier molecular flexibility index (Phi) is 5.66. The Morgan fingerprint density at radius 2 is 2.42 bits per heavy atom. The van der Waals surface area contributed by atoms with Gasteiger partial charge in [-0.2, -0.15) is 0 Å². The van der Waals surface area contributed by atoms with Gasteiger partial charge in [0.2, 0.25) is 0 Å². The van der Waals surface area contributed by atoms with Crippen LogP contribution in [-0.2, 0) is 4.79 Å². The van der Waals surface area contributed by atoms with Crippen LogP contribution in [-0.4, -0.2) is 46.3 Å². The molecule has 1 N–H and O–H groups in total. The number of nitrogens with zero attached hydrogens (tertiary/aromatic N) is 2. The maximum atomic E-state index is 10.7. The number of piperidine rings is 1. The van der Waals surface area contributed by atoms with Crippen LogP contribution in [0.15, 0.2) is 29.4 Å². The van der Waals surface area contributed by atoms with E-state index in [0.29, 0.717) is 12.3 Å². The fourth-order valence-electron chi connectivity index (χ4n) is 2.48. The number of rotatable bonds is 6. The molecule has 2 heterocycles. The number of carboxylic acids is 1. The maximum absolute atomic E-state index is 10.7. The fourth-order valence-corrected chi connectivity index (χ4v) is 3.35. The molecule has 0 spiro atoms. The van der Waals surface area contributed by atoms with Crippen molar-refractivity contribution < 1.29 is 9.90 Å². The Hall–Kier alpha value is -1.07. The van der Waals surface area contributed by atoms with E-state index in [2.05, 4.69) is 9.88 Å². The molecule has 1 aliphatic rings. The molecule has 0 aliphatic carbocycles. The van der Waals surface area contributed by atoms with Crippen molar-refractivity contribution in [2.45, 2.75) is 24.3 Å². The van der Waals surface area contributed by atoms with Crippen molar-refractivity contribution in [1.82, 2.24) is 9.88 Å². The highest BCUT2D eigenvalue weighted by molar-refractivity contribution is 7.99. The van der Waals surface area contributed by atoms with Gasteiger partial charge in [-0.25, -0.2) is 4.98 Å². The zero-order chi connectivity index (χ0) is 13.5. The van der Waals surface area contributed by atoms with E-state index in [1.54, 1.807) is 11.8 Å². The molecule has 1 aromatic heterocycles. The summed E-state index contributed by atoms with van der Waals surface area (Å²) in [6.45, 7) is 3.03. The summed E-state index contributed by atoms with van der Waals surface area (Å²) in [6, 6.07) is 5.94. The first kappa shape index (κ1) is 14.3. The number of carbonyl (C=O) groups is 1. The summed E-state index contributed by atoms with van der Waals surface area (Å²) in [5.41, 5.74) is 0. The number of hydrogen-bond acceptors (Lipinski definition) is 4. The number of thioether (sulfide) groups is 1. The van der Waals surface area contributed by atoms with Gasteiger partial charge in [-0.3, -0.25) is 4.79 Å². The molecule has 4 nitrogen and oxygen atoms in total. The Morgan fingerprint density at radius 1 is 1.53 bits per heavy atom. The van der Waals surface area contributed by atoms with Gasteiger partial charge >= 0.3 is 5.97 Å². The Morgan fingerprint density at radius 3 is 3.16 bits per heavy atom. The lowest BCUT2D eigenvalue weighted by Crippen LogP contribution is -2.37. The van der Waals surface area contributed by atoms with E-state index in [1.165, 1.54) is 0 Å². The smallest absolute Gasteiger partial charge is 0.303 e. The van der Waals surface area contributed by atoms with Crippen LogP contribution in [0.4, 0.5) is 0 Å². The molecule has 0 aromatic carbocycles. The zero-order valence-corrected chi connectivity index (χ0v) is 11.8. The molecule has 0 radical (unpaired) electrons. The highest BCUT2D eigenvalue weighted by Crippen LogP contribution is 2.21. The minimum absolute atomic E-state index is 0.309. The lowest BCUT2D eigenvalue weighted by Gasteiger charge is -2.31. The van der Waals surface area contributed by atoms with Gasteiger partial charge in [0.05, 0.1) is 5.03 Å². The topological polar surface area (TPSA) is 53.4 Å². The van der Waals surface area contributed by atoms with E-state index in [4.69, 9.17) is 5.11 Å². The van der Waals surface area contributed by atoms with Gasteiger partial charge in [0.15, 0.2) is 0 Å². The molecule has 104 valence electrons. The van der Waals surface area contributed by atoms with Gasteiger partial charge in [0.1, 0.15) is 0 Å². The van der Waals surface area contributed by atoms with Crippen molar-refractivity contribution in [3.05, 3.63) is 24.4 Å². The zero-order valence-electron chi connectivity index (χ0n) is 11.0. The van der Waals surface area contributed by atoms with Crippen molar-refractivity contribution >= 4 is 17.7 Å². The van der Waals surface area contributed by atoms with E-state index in [0.717, 1.165) is 43.3 Å². The van der Waals surface area contributed by atoms with Crippen molar-refractivity contribution in [2.24, 2.45) is 5.92 Å². The summed E-state index contributed by atoms with van der Waals surface area (Å²) in [7, 11) is 0. The second-order valence-electron chi connectivity index (χ2n) is 4.92. The van der Waals surface area contributed by atoms with E-state index in [9.17, 15) is 4.79 Å². The number of carboxylic acid groups (broad SMARTS) is 1. The standard InChI is InChI=1S/C14H20N2O2S/c17-14(18)10-12-4-3-7-16(11-12)8-9-19-13-5-1-2-6-15-13/h1-2,5-6,12H,3-4,7-11H2,(H,17,18). The molecule has 0 saturated carbocycles. The molecule has 0 bridgehead atoms. The molecule has 1 aliphatic heterocycles. The van der Waals surface area contributed by atoms with Crippen LogP contribution in [0.25, 0.3) is 0 Å². The molecule has 0 amide bonds. The molecule has 5 heteroatoms. The minimum atomic E-state index is -0.672. The maximum Gasteiger partial charge on any atom is 0.303 e. The Balaban J connectivity index is 1.69. The second-order valence-corrected chi connectivity index (χ2v) is 6.04. The Bertz CT molecular complexity index is 400. The predicted molar refractivity (Wildman–Crippen MR) is 76.4 cm³/mol. The first-order chi connectivity index (χ1) is 9.24. The minimum Gasteiger partial charge on any atom is -0.481 e. The summed E-state index contributed by atoms with van der Waals surface area (Å²) in [6.07, 6.45) is 4.29. The summed E-state index contributed by atoms with van der Waals surface area (Å²) >= 11 is 1.76. The number of hydrogen-bond donors (Lipinski definition) is 1. The van der Waals surface area contributed by atoms with Crippen LogP contribution in [0, 0.1) is 5.92 Å². The number of aliphatic carboxylic acids is 1. The summed E-state index contributed by atoms with van der Waals surface area (Å²) < 4.78 is 0. The number of aromatic nitrogens is 1. The quantitative estimate of drug-likeness (QED) is 0.811. The van der Waals surface area contributed by atoms with Crippen LogP contribution in [0.3, 0.4) is 0 Å². The van der Waals surface area contributed by atoms with Crippen LogP contribution < -0.4 is 0 Å². The monoisotopic (exact) mass is 280 g/mol. The molecule has 1 fully saturated rings. The van der Waals surface area contributed by atoms with Gasteiger partial charge < -0.3 is 10.0 Å². The van der Waals surface area contributed by atoms with Gasteiger partial charge in [0, 0.05) is 31.5 Å². The molecule has 1 unspecified atom stereocenters. The van der Waals surface area contributed by atoms with Crippen LogP contribution in [0.5, 0.6) is 0 Å². The van der Waals surface area contributed by atoms with Crippen LogP contribution in [0.1, 0.15) is 19.3 Å². The fraction of sp³-hybridized carbons (Fsp3) is 0.571. The molecule has 2 rings (SSSR count). The van der Waals surface area contributed by atoms with E-state index < -0.39 is 5.97 Å². The molecule has 1 atom stereocenters. The van der Waals surface area contributed by atoms with E-state index >= 15 is 0 Å². The number of likely N-dealkylation sites (tertiary alicyclic amines) is 1. The van der Waals surface area contributed by atoms with E-state index in [-0.39, 0.29) is 0 Å². The van der Waals surface area contributed by atoms with Crippen molar-refractivity contribution in [3.63, 3.8) is 0 Å². The third kappa shape index (κ3) is 5.20. The van der Waals surface area contributed by atoms with Crippen LogP contribution in [0.2, 0.25) is 0 Å². The highest BCUT2D eigenvalue weighted by Gasteiger charge is 2.21. The van der Waals surface area contributed by atoms with E-state index in [1.807, 2.05) is 24.4 Å². The summed E-state index contributed by atoms with van der Waals surface area (Å²) in [4.78, 5) is 17.4. The lowest BCUT2D eigenvalue weighted by atomic mass is 9.95. The molecular formula is C14H20N2O2S. The SMILES string of the molecule is O=C(O)CC1CCCN(CCSc2ccccn2)C1. The number of pyridine rings is 1. The normalized spacial score (nSPS) is 20.3. The highest BCUT2D eigenvalue weighted by atomic mass is 32.2. The van der Waals surface area contributed by atoms with Crippen LogP contribution >= 0.6 is 11.8 Å². The predicted octanol–water partition coefficient (Wildman–Crippen LogP) is 2.36.